The van der Waals surface area contributed by atoms with Crippen LogP contribution < -0.4 is 9.64 Å². The highest BCUT2D eigenvalue weighted by Crippen LogP contribution is 2.33. The van der Waals surface area contributed by atoms with E-state index < -0.39 is 5.41 Å². The maximum Gasteiger partial charge on any atom is 0.165 e. The lowest BCUT2D eigenvalue weighted by Crippen LogP contribution is -2.31. The molecule has 3 aromatic rings. The van der Waals surface area contributed by atoms with Crippen LogP contribution in [-0.2, 0) is 6.54 Å². The molecule has 154 valence electrons. The fraction of sp³-hybridized carbons (Fsp3) is 0.476. The Labute approximate surface area is 169 Å². The van der Waals surface area contributed by atoms with E-state index in [2.05, 4.69) is 32.0 Å². The Morgan fingerprint density at radius 2 is 1.90 bits per heavy atom. The summed E-state index contributed by atoms with van der Waals surface area (Å²) in [4.78, 5) is 15.7. The molecule has 2 N–H and O–H groups in total. The number of rotatable bonds is 7. The number of nitrogens with zero attached hydrogens (tertiary/aromatic N) is 5. The molecule has 0 spiro atoms. The second-order valence-corrected chi connectivity index (χ2v) is 8.07. The summed E-state index contributed by atoms with van der Waals surface area (Å²) < 4.78 is 7.13. The Morgan fingerprint density at radius 3 is 2.59 bits per heavy atom. The van der Waals surface area contributed by atoms with Crippen LogP contribution in [0, 0.1) is 5.41 Å². The fourth-order valence-electron chi connectivity index (χ4n) is 3.88. The maximum absolute atomic E-state index is 9.61. The Hall–Kier alpha value is -2.71. The first-order valence-electron chi connectivity index (χ1n) is 9.83. The zero-order chi connectivity index (χ0) is 20.4. The third kappa shape index (κ3) is 3.77. The summed E-state index contributed by atoms with van der Waals surface area (Å²) >= 11 is 0. The molecule has 2 aromatic heterocycles. The van der Waals surface area contributed by atoms with Gasteiger partial charge < -0.3 is 24.4 Å². The molecule has 1 aliphatic heterocycles. The SMILES string of the molecule is COc1ccc(C2CCN(c3ncnc4c3ncn4CC(C)(CO)CO)C2)cc1. The molecule has 1 fully saturated rings. The van der Waals surface area contributed by atoms with Crippen molar-refractivity contribution in [3.8, 4) is 5.75 Å². The van der Waals surface area contributed by atoms with Crippen molar-refractivity contribution >= 4 is 17.0 Å². The number of benzene rings is 1. The van der Waals surface area contributed by atoms with Crippen LogP contribution in [-0.4, -0.2) is 63.1 Å². The molecule has 1 atom stereocenters. The zero-order valence-corrected chi connectivity index (χ0v) is 16.8. The lowest BCUT2D eigenvalue weighted by Gasteiger charge is -2.25. The summed E-state index contributed by atoms with van der Waals surface area (Å²) in [6.45, 7) is 3.81. The number of hydrogen-bond donors (Lipinski definition) is 2. The van der Waals surface area contributed by atoms with Crippen LogP contribution in [0.25, 0.3) is 11.2 Å². The Bertz CT molecular complexity index is 968. The van der Waals surface area contributed by atoms with Gasteiger partial charge in [0.1, 0.15) is 12.1 Å². The van der Waals surface area contributed by atoms with Crippen LogP contribution in [0.2, 0.25) is 0 Å². The molecule has 0 saturated carbocycles. The second kappa shape index (κ2) is 7.96. The van der Waals surface area contributed by atoms with Gasteiger partial charge in [0.15, 0.2) is 17.0 Å². The molecule has 1 aromatic carbocycles. The predicted molar refractivity (Wildman–Crippen MR) is 110 cm³/mol. The quantitative estimate of drug-likeness (QED) is 0.628. The van der Waals surface area contributed by atoms with Crippen molar-refractivity contribution in [1.29, 1.82) is 0 Å². The van der Waals surface area contributed by atoms with Gasteiger partial charge in [-0.1, -0.05) is 19.1 Å². The molecule has 0 radical (unpaired) electrons. The van der Waals surface area contributed by atoms with Gasteiger partial charge in [-0.2, -0.15) is 0 Å². The van der Waals surface area contributed by atoms with Crippen LogP contribution in [0.3, 0.4) is 0 Å². The molecule has 3 heterocycles. The monoisotopic (exact) mass is 397 g/mol. The van der Waals surface area contributed by atoms with Crippen molar-refractivity contribution in [1.82, 2.24) is 19.5 Å². The average molecular weight is 397 g/mol. The van der Waals surface area contributed by atoms with E-state index in [1.165, 1.54) is 5.56 Å². The molecule has 8 nitrogen and oxygen atoms in total. The van der Waals surface area contributed by atoms with Crippen molar-refractivity contribution in [3.63, 3.8) is 0 Å². The van der Waals surface area contributed by atoms with E-state index in [1.807, 2.05) is 23.6 Å². The molecule has 1 aliphatic rings. The lowest BCUT2D eigenvalue weighted by molar-refractivity contribution is 0.0562. The van der Waals surface area contributed by atoms with Crippen LogP contribution in [0.1, 0.15) is 24.8 Å². The summed E-state index contributed by atoms with van der Waals surface area (Å²) in [6.07, 6.45) is 4.32. The largest absolute Gasteiger partial charge is 0.497 e. The lowest BCUT2D eigenvalue weighted by atomic mass is 9.93. The number of aliphatic hydroxyl groups is 2. The number of imidazole rings is 1. The molecule has 8 heteroatoms. The summed E-state index contributed by atoms with van der Waals surface area (Å²) in [6, 6.07) is 8.26. The van der Waals surface area contributed by atoms with Crippen LogP contribution >= 0.6 is 0 Å². The van der Waals surface area contributed by atoms with Crippen molar-refractivity contribution < 1.29 is 14.9 Å². The molecule has 4 rings (SSSR count). The summed E-state index contributed by atoms with van der Waals surface area (Å²) in [5.74, 6) is 2.13. The normalized spacial score (nSPS) is 17.2. The van der Waals surface area contributed by atoms with Gasteiger partial charge in [0.25, 0.3) is 0 Å². The van der Waals surface area contributed by atoms with Crippen molar-refractivity contribution in [2.75, 3.05) is 38.3 Å². The number of ether oxygens (including phenoxy) is 1. The summed E-state index contributed by atoms with van der Waals surface area (Å²) in [5.41, 5.74) is 2.13. The van der Waals surface area contributed by atoms with E-state index in [-0.39, 0.29) is 13.2 Å². The van der Waals surface area contributed by atoms with Crippen LogP contribution in [0.4, 0.5) is 5.82 Å². The standard InChI is InChI=1S/C21H27N5O3/c1-21(11-27,12-28)10-26-14-24-18-19(22-13-23-20(18)26)25-8-7-16(9-25)15-3-5-17(29-2)6-4-15/h3-6,13-14,16,27-28H,7-12H2,1-2H3. The maximum atomic E-state index is 9.61. The van der Waals surface area contributed by atoms with E-state index in [0.29, 0.717) is 12.5 Å². The number of anilines is 1. The molecule has 0 amide bonds. The van der Waals surface area contributed by atoms with Gasteiger partial charge >= 0.3 is 0 Å². The Balaban J connectivity index is 1.57. The topological polar surface area (TPSA) is 96.5 Å². The Kier molecular flexibility index (Phi) is 5.38. The van der Waals surface area contributed by atoms with E-state index in [9.17, 15) is 10.2 Å². The van der Waals surface area contributed by atoms with E-state index >= 15 is 0 Å². The van der Waals surface area contributed by atoms with Crippen LogP contribution in [0.5, 0.6) is 5.75 Å². The highest BCUT2D eigenvalue weighted by Gasteiger charge is 2.28. The van der Waals surface area contributed by atoms with Gasteiger partial charge in [0.05, 0.1) is 26.7 Å². The first-order valence-corrected chi connectivity index (χ1v) is 9.83. The van der Waals surface area contributed by atoms with Crippen LogP contribution in [0.15, 0.2) is 36.9 Å². The van der Waals surface area contributed by atoms with Gasteiger partial charge in [0.2, 0.25) is 0 Å². The van der Waals surface area contributed by atoms with E-state index in [1.54, 1.807) is 19.8 Å². The number of methoxy groups -OCH3 is 1. The average Bonchev–Trinajstić information content (AvgIpc) is 3.41. The molecule has 1 saturated heterocycles. The molecular weight excluding hydrogens is 370 g/mol. The molecule has 0 bridgehead atoms. The number of aromatic nitrogens is 4. The van der Waals surface area contributed by atoms with Crippen molar-refractivity contribution in [2.45, 2.75) is 25.8 Å². The minimum Gasteiger partial charge on any atom is -0.497 e. The summed E-state index contributed by atoms with van der Waals surface area (Å²) in [5, 5.41) is 19.2. The van der Waals surface area contributed by atoms with Gasteiger partial charge in [-0.3, -0.25) is 0 Å². The minimum atomic E-state index is -0.633. The number of aliphatic hydroxyl groups excluding tert-OH is 2. The molecular formula is C21H27N5O3. The minimum absolute atomic E-state index is 0.114. The predicted octanol–water partition coefficient (Wildman–Crippen LogP) is 1.82. The van der Waals surface area contributed by atoms with Gasteiger partial charge in [-0.25, -0.2) is 15.0 Å². The van der Waals surface area contributed by atoms with Gasteiger partial charge in [-0.15, -0.1) is 0 Å². The van der Waals surface area contributed by atoms with E-state index in [0.717, 1.165) is 42.2 Å². The molecule has 29 heavy (non-hydrogen) atoms. The molecule has 0 aliphatic carbocycles. The molecule has 1 unspecified atom stereocenters. The highest BCUT2D eigenvalue weighted by molar-refractivity contribution is 5.83. The van der Waals surface area contributed by atoms with Gasteiger partial charge in [-0.05, 0) is 24.1 Å². The summed E-state index contributed by atoms with van der Waals surface area (Å²) in [7, 11) is 1.68. The highest BCUT2D eigenvalue weighted by atomic mass is 16.5. The third-order valence-electron chi connectivity index (χ3n) is 5.77. The first-order chi connectivity index (χ1) is 14.1. The van der Waals surface area contributed by atoms with Crippen molar-refractivity contribution in [2.24, 2.45) is 5.41 Å². The smallest absolute Gasteiger partial charge is 0.165 e. The first kappa shape index (κ1) is 19.6. The van der Waals surface area contributed by atoms with Crippen molar-refractivity contribution in [3.05, 3.63) is 42.5 Å². The number of hydrogen-bond acceptors (Lipinski definition) is 7. The second-order valence-electron chi connectivity index (χ2n) is 8.07. The van der Waals surface area contributed by atoms with Gasteiger partial charge in [0, 0.05) is 31.0 Å². The fourth-order valence-corrected chi connectivity index (χ4v) is 3.88. The Morgan fingerprint density at radius 1 is 1.14 bits per heavy atom. The van der Waals surface area contributed by atoms with E-state index in [4.69, 9.17) is 4.74 Å². The third-order valence-corrected chi connectivity index (χ3v) is 5.77. The number of fused-ring (bicyclic) bond motifs is 1. The zero-order valence-electron chi connectivity index (χ0n) is 16.8.